The quantitative estimate of drug-likeness (QED) is 0.312. The van der Waals surface area contributed by atoms with E-state index in [0.717, 1.165) is 0 Å². The fourth-order valence-electron chi connectivity index (χ4n) is 2.04. The van der Waals surface area contributed by atoms with Gasteiger partial charge in [-0.05, 0) is 36.4 Å². The Morgan fingerprint density at radius 3 is 2.75 bits per heavy atom. The van der Waals surface area contributed by atoms with Crippen LogP contribution in [0, 0.1) is 0 Å². The standard InChI is InChI=1S/C14H21N5O/c1-11(12-6-3-2-4-7-12)10-13(14(15)20)17-8-5-9-18-19-16/h2-4,6-7,11,13,17H,5,8-10H2,1H3,(H2,15,20). The van der Waals surface area contributed by atoms with Crippen molar-refractivity contribution in [2.24, 2.45) is 10.8 Å². The van der Waals surface area contributed by atoms with Crippen molar-refractivity contribution in [3.05, 3.63) is 46.3 Å². The predicted molar refractivity (Wildman–Crippen MR) is 79.1 cm³/mol. The van der Waals surface area contributed by atoms with E-state index in [1.807, 2.05) is 30.3 Å². The lowest BCUT2D eigenvalue weighted by Gasteiger charge is -2.20. The SMILES string of the molecule is CC(CC(NCCCN=[N+]=[N-])C(N)=O)c1ccccc1. The van der Waals surface area contributed by atoms with E-state index in [2.05, 4.69) is 22.3 Å². The largest absolute Gasteiger partial charge is 0.368 e. The van der Waals surface area contributed by atoms with E-state index < -0.39 is 0 Å². The number of amides is 1. The topological polar surface area (TPSA) is 104 Å². The van der Waals surface area contributed by atoms with E-state index in [9.17, 15) is 4.79 Å². The molecular weight excluding hydrogens is 254 g/mol. The van der Waals surface area contributed by atoms with Gasteiger partial charge in [0.15, 0.2) is 0 Å². The van der Waals surface area contributed by atoms with Gasteiger partial charge in [0.2, 0.25) is 5.91 Å². The Morgan fingerprint density at radius 1 is 1.45 bits per heavy atom. The highest BCUT2D eigenvalue weighted by Crippen LogP contribution is 2.20. The van der Waals surface area contributed by atoms with Gasteiger partial charge in [-0.3, -0.25) is 4.79 Å². The summed E-state index contributed by atoms with van der Waals surface area (Å²) >= 11 is 0. The summed E-state index contributed by atoms with van der Waals surface area (Å²) in [6, 6.07) is 9.66. The number of azide groups is 1. The Bertz CT molecular complexity index is 456. The fourth-order valence-corrected chi connectivity index (χ4v) is 2.04. The van der Waals surface area contributed by atoms with Crippen molar-refractivity contribution in [2.75, 3.05) is 13.1 Å². The molecule has 0 saturated heterocycles. The average molecular weight is 275 g/mol. The predicted octanol–water partition coefficient (Wildman–Crippen LogP) is 2.32. The molecule has 1 aromatic rings. The molecule has 2 atom stereocenters. The molecular formula is C14H21N5O. The highest BCUT2D eigenvalue weighted by Gasteiger charge is 2.18. The van der Waals surface area contributed by atoms with Gasteiger partial charge in [0, 0.05) is 11.5 Å². The van der Waals surface area contributed by atoms with Crippen molar-refractivity contribution in [3.8, 4) is 0 Å². The molecule has 0 aromatic heterocycles. The number of rotatable bonds is 9. The molecule has 3 N–H and O–H groups in total. The summed E-state index contributed by atoms with van der Waals surface area (Å²) in [7, 11) is 0. The summed E-state index contributed by atoms with van der Waals surface area (Å²) < 4.78 is 0. The van der Waals surface area contributed by atoms with Crippen LogP contribution in [0.5, 0.6) is 0 Å². The molecule has 1 aromatic carbocycles. The fraction of sp³-hybridized carbons (Fsp3) is 0.500. The summed E-state index contributed by atoms with van der Waals surface area (Å²) in [5.41, 5.74) is 14.8. The minimum atomic E-state index is -0.365. The van der Waals surface area contributed by atoms with Crippen LogP contribution in [0.25, 0.3) is 10.4 Å². The maximum atomic E-state index is 11.5. The minimum absolute atomic E-state index is 0.248. The first-order valence-corrected chi connectivity index (χ1v) is 6.73. The summed E-state index contributed by atoms with van der Waals surface area (Å²) in [6.45, 7) is 3.10. The molecule has 0 heterocycles. The van der Waals surface area contributed by atoms with Crippen molar-refractivity contribution in [1.29, 1.82) is 0 Å². The molecule has 6 nitrogen and oxygen atoms in total. The zero-order valence-corrected chi connectivity index (χ0v) is 11.7. The van der Waals surface area contributed by atoms with E-state index in [-0.39, 0.29) is 17.9 Å². The smallest absolute Gasteiger partial charge is 0.234 e. The Hall–Kier alpha value is -2.04. The Balaban J connectivity index is 2.46. The normalized spacial score (nSPS) is 13.2. The zero-order chi connectivity index (χ0) is 14.8. The summed E-state index contributed by atoms with van der Waals surface area (Å²) in [6.07, 6.45) is 1.34. The van der Waals surface area contributed by atoms with Crippen LogP contribution in [0.2, 0.25) is 0 Å². The minimum Gasteiger partial charge on any atom is -0.368 e. The van der Waals surface area contributed by atoms with Crippen molar-refractivity contribution in [3.63, 3.8) is 0 Å². The molecule has 6 heteroatoms. The van der Waals surface area contributed by atoms with Crippen LogP contribution in [-0.2, 0) is 4.79 Å². The monoisotopic (exact) mass is 275 g/mol. The van der Waals surface area contributed by atoms with Gasteiger partial charge >= 0.3 is 0 Å². The molecule has 0 fully saturated rings. The molecule has 0 saturated carbocycles. The molecule has 2 unspecified atom stereocenters. The van der Waals surface area contributed by atoms with Crippen molar-refractivity contribution >= 4 is 5.91 Å². The number of nitrogens with one attached hydrogen (secondary N) is 1. The van der Waals surface area contributed by atoms with Crippen LogP contribution in [0.1, 0.15) is 31.2 Å². The van der Waals surface area contributed by atoms with Gasteiger partial charge in [0.25, 0.3) is 0 Å². The van der Waals surface area contributed by atoms with E-state index in [1.165, 1.54) is 5.56 Å². The number of carbonyl (C=O) groups excluding carboxylic acids is 1. The number of primary amides is 1. The van der Waals surface area contributed by atoms with Crippen molar-refractivity contribution < 1.29 is 4.79 Å². The second-order valence-electron chi connectivity index (χ2n) is 4.76. The lowest BCUT2D eigenvalue weighted by Crippen LogP contribution is -2.42. The number of hydrogen-bond acceptors (Lipinski definition) is 3. The third-order valence-electron chi connectivity index (χ3n) is 3.19. The van der Waals surface area contributed by atoms with Crippen molar-refractivity contribution in [1.82, 2.24) is 5.32 Å². The van der Waals surface area contributed by atoms with E-state index in [1.54, 1.807) is 0 Å². The van der Waals surface area contributed by atoms with Crippen LogP contribution < -0.4 is 11.1 Å². The van der Waals surface area contributed by atoms with Gasteiger partial charge in [0.1, 0.15) is 0 Å². The molecule has 108 valence electrons. The molecule has 1 amide bonds. The molecule has 0 bridgehead atoms. The maximum Gasteiger partial charge on any atom is 0.234 e. The van der Waals surface area contributed by atoms with Crippen LogP contribution in [-0.4, -0.2) is 25.0 Å². The number of nitrogens with two attached hydrogens (primary N) is 1. The number of nitrogens with zero attached hydrogens (tertiary/aromatic N) is 3. The van der Waals surface area contributed by atoms with Crippen LogP contribution in [0.4, 0.5) is 0 Å². The highest BCUT2D eigenvalue weighted by molar-refractivity contribution is 5.79. The molecule has 0 radical (unpaired) electrons. The van der Waals surface area contributed by atoms with E-state index in [0.29, 0.717) is 25.9 Å². The third-order valence-corrected chi connectivity index (χ3v) is 3.19. The van der Waals surface area contributed by atoms with Crippen molar-refractivity contribution in [2.45, 2.75) is 31.7 Å². The molecule has 0 aliphatic carbocycles. The molecule has 0 aliphatic heterocycles. The van der Waals surface area contributed by atoms with Crippen LogP contribution >= 0.6 is 0 Å². The Morgan fingerprint density at radius 2 is 2.15 bits per heavy atom. The first-order chi connectivity index (χ1) is 9.65. The van der Waals surface area contributed by atoms with Crippen LogP contribution in [0.3, 0.4) is 0 Å². The number of benzene rings is 1. The average Bonchev–Trinajstić information content (AvgIpc) is 2.46. The second-order valence-corrected chi connectivity index (χ2v) is 4.76. The summed E-state index contributed by atoms with van der Waals surface area (Å²) in [4.78, 5) is 14.1. The van der Waals surface area contributed by atoms with Gasteiger partial charge in [-0.2, -0.15) is 0 Å². The highest BCUT2D eigenvalue weighted by atomic mass is 16.1. The first-order valence-electron chi connectivity index (χ1n) is 6.73. The van der Waals surface area contributed by atoms with Gasteiger partial charge in [-0.15, -0.1) is 0 Å². The Kier molecular flexibility index (Phi) is 7.17. The molecule has 20 heavy (non-hydrogen) atoms. The van der Waals surface area contributed by atoms with Gasteiger partial charge in [0.05, 0.1) is 6.04 Å². The maximum absolute atomic E-state index is 11.5. The Labute approximate surface area is 119 Å². The molecule has 0 spiro atoms. The summed E-state index contributed by atoms with van der Waals surface area (Å²) in [5, 5.41) is 6.57. The molecule has 1 rings (SSSR count). The van der Waals surface area contributed by atoms with Crippen LogP contribution in [0.15, 0.2) is 35.4 Å². The lowest BCUT2D eigenvalue weighted by molar-refractivity contribution is -0.120. The van der Waals surface area contributed by atoms with E-state index >= 15 is 0 Å². The third kappa shape index (κ3) is 5.73. The lowest BCUT2D eigenvalue weighted by atomic mass is 9.93. The second kappa shape index (κ2) is 8.96. The van der Waals surface area contributed by atoms with E-state index in [4.69, 9.17) is 11.3 Å². The first kappa shape index (κ1) is 16.0. The van der Waals surface area contributed by atoms with Gasteiger partial charge < -0.3 is 11.1 Å². The number of hydrogen-bond donors (Lipinski definition) is 2. The zero-order valence-electron chi connectivity index (χ0n) is 11.7. The molecule has 0 aliphatic rings. The van der Waals surface area contributed by atoms with Gasteiger partial charge in [-0.25, -0.2) is 0 Å². The van der Waals surface area contributed by atoms with Gasteiger partial charge in [-0.1, -0.05) is 42.4 Å². The number of carbonyl (C=O) groups is 1. The summed E-state index contributed by atoms with van der Waals surface area (Å²) in [5.74, 6) is -0.102.